The van der Waals surface area contributed by atoms with Gasteiger partial charge < -0.3 is 19.4 Å². The van der Waals surface area contributed by atoms with Crippen molar-refractivity contribution < 1.29 is 29.6 Å². The molecule has 6 heteroatoms. The average Bonchev–Trinajstić information content (AvgIpc) is 3.13. The molecule has 0 saturated heterocycles. The molecule has 2 aromatic heterocycles. The van der Waals surface area contributed by atoms with E-state index >= 15 is 0 Å². The molecule has 0 spiro atoms. The van der Waals surface area contributed by atoms with Crippen molar-refractivity contribution in [3.05, 3.63) is 164 Å². The van der Waals surface area contributed by atoms with Crippen LogP contribution < -0.4 is 25.9 Å². The van der Waals surface area contributed by atoms with Crippen molar-refractivity contribution in [3.8, 4) is 56.6 Å². The van der Waals surface area contributed by atoms with Gasteiger partial charge in [0.1, 0.15) is 11.5 Å². The predicted molar refractivity (Wildman–Crippen MR) is 185 cm³/mol. The number of rotatable bonds is 3. The Morgan fingerprint density at radius 3 is 2.04 bits per heavy atom. The summed E-state index contributed by atoms with van der Waals surface area (Å²) in [6.45, 7) is 2.16. The largest absolute Gasteiger partial charge is 0.503 e. The van der Waals surface area contributed by atoms with Crippen molar-refractivity contribution in [2.75, 3.05) is 0 Å². The SMILES string of the molecule is Cc1ccccc1-c1ccc(-c2[c-]cc3c4c2Oc2ccccc2B4c2ccccc2O3)nc1.[Ir].[c-]1ccccc1-c1ccccn1. The molecule has 1 radical (unpaired) electrons. The Balaban J connectivity index is 0.000000228. The van der Waals surface area contributed by atoms with E-state index in [-0.39, 0.29) is 26.8 Å². The van der Waals surface area contributed by atoms with Gasteiger partial charge in [0.15, 0.2) is 0 Å². The number of aryl methyl sites for hydroxylation is 1. The fourth-order valence-electron chi connectivity index (χ4n) is 6.19. The van der Waals surface area contributed by atoms with E-state index in [1.54, 1.807) is 6.20 Å². The van der Waals surface area contributed by atoms with Gasteiger partial charge in [0, 0.05) is 44.0 Å². The molecule has 0 unspecified atom stereocenters. The fraction of sp³-hybridized carbons (Fsp3) is 0.0244. The van der Waals surface area contributed by atoms with Crippen LogP contribution in [0, 0.1) is 19.1 Å². The summed E-state index contributed by atoms with van der Waals surface area (Å²) in [4.78, 5) is 9.04. The summed E-state index contributed by atoms with van der Waals surface area (Å²) in [5, 5.41) is 0. The van der Waals surface area contributed by atoms with Crippen molar-refractivity contribution in [3.63, 3.8) is 0 Å². The molecule has 47 heavy (non-hydrogen) atoms. The number of benzene rings is 5. The van der Waals surface area contributed by atoms with Crippen molar-refractivity contribution >= 4 is 23.1 Å². The number of hydrogen-bond donors (Lipinski definition) is 0. The Morgan fingerprint density at radius 2 is 1.34 bits per heavy atom. The van der Waals surface area contributed by atoms with Crippen molar-refractivity contribution in [2.45, 2.75) is 6.92 Å². The minimum absolute atomic E-state index is 0. The first-order valence-corrected chi connectivity index (χ1v) is 15.3. The standard InChI is InChI=1S/C30H19BNO2.C11H8N.Ir/c1-19-8-2-3-9-21(19)20-14-16-25(32-18-20)22-15-17-28-29-30(22)34-27-13-7-5-11-24(27)31(29)23-10-4-6-12-26(23)33-28;1-2-6-10(7-3-1)11-8-4-5-9-12-11;/h2-14,16-18H,1H3;1-6,8-9H;/q2*-1;. The molecule has 0 aliphatic carbocycles. The molecular formula is C41H27BIrN2O2-2. The monoisotopic (exact) mass is 783 g/mol. The zero-order valence-electron chi connectivity index (χ0n) is 25.5. The van der Waals surface area contributed by atoms with Gasteiger partial charge in [0.2, 0.25) is 6.71 Å². The average molecular weight is 783 g/mol. The van der Waals surface area contributed by atoms with E-state index in [0.29, 0.717) is 0 Å². The second-order valence-electron chi connectivity index (χ2n) is 11.2. The zero-order valence-corrected chi connectivity index (χ0v) is 27.9. The van der Waals surface area contributed by atoms with Crippen LogP contribution in [0.3, 0.4) is 0 Å². The smallest absolute Gasteiger partial charge is 0.239 e. The van der Waals surface area contributed by atoms with Crippen LogP contribution in [0.5, 0.6) is 23.0 Å². The topological polar surface area (TPSA) is 44.2 Å². The van der Waals surface area contributed by atoms with Crippen LogP contribution in [0.15, 0.2) is 146 Å². The molecule has 5 aromatic carbocycles. The Bertz CT molecular complexity index is 2130. The maximum Gasteiger partial charge on any atom is 0.239 e. The summed E-state index contributed by atoms with van der Waals surface area (Å²) in [6.07, 6.45) is 3.72. The molecule has 7 aromatic rings. The van der Waals surface area contributed by atoms with Crippen molar-refractivity contribution in [1.29, 1.82) is 0 Å². The van der Waals surface area contributed by atoms with Crippen LogP contribution in [0.25, 0.3) is 33.6 Å². The van der Waals surface area contributed by atoms with Crippen LogP contribution in [-0.2, 0) is 20.1 Å². The number of ether oxygens (including phenoxy) is 2. The number of hydrogen-bond acceptors (Lipinski definition) is 4. The molecule has 0 bridgehead atoms. The van der Waals surface area contributed by atoms with E-state index in [1.807, 2.05) is 85.1 Å². The number of para-hydroxylation sites is 2. The third-order valence-electron chi connectivity index (χ3n) is 8.39. The first-order valence-electron chi connectivity index (χ1n) is 15.3. The molecule has 2 aliphatic rings. The first-order chi connectivity index (χ1) is 22.7. The van der Waals surface area contributed by atoms with Crippen molar-refractivity contribution in [2.24, 2.45) is 0 Å². The van der Waals surface area contributed by atoms with Crippen LogP contribution in [0.2, 0.25) is 0 Å². The second-order valence-corrected chi connectivity index (χ2v) is 11.2. The molecule has 2 aliphatic heterocycles. The third-order valence-corrected chi connectivity index (χ3v) is 8.39. The molecule has 0 amide bonds. The van der Waals surface area contributed by atoms with E-state index in [4.69, 9.17) is 14.5 Å². The predicted octanol–water partition coefficient (Wildman–Crippen LogP) is 7.80. The molecule has 0 saturated carbocycles. The first kappa shape index (κ1) is 30.4. The molecule has 0 atom stereocenters. The normalized spacial score (nSPS) is 11.6. The van der Waals surface area contributed by atoms with Crippen LogP contribution in [0.1, 0.15) is 5.56 Å². The van der Waals surface area contributed by atoms with Gasteiger partial charge in [-0.2, -0.15) is 0 Å². The van der Waals surface area contributed by atoms with E-state index in [2.05, 4.69) is 78.6 Å². The minimum Gasteiger partial charge on any atom is -0.503 e. The Morgan fingerprint density at radius 1 is 0.617 bits per heavy atom. The summed E-state index contributed by atoms with van der Waals surface area (Å²) in [5.74, 6) is 3.30. The Hall–Kier alpha value is -5.29. The third kappa shape index (κ3) is 5.78. The maximum absolute atomic E-state index is 6.51. The maximum atomic E-state index is 6.51. The van der Waals surface area contributed by atoms with Gasteiger partial charge in [0.05, 0.1) is 0 Å². The second kappa shape index (κ2) is 13.2. The number of aromatic nitrogens is 2. The minimum atomic E-state index is 0. The van der Waals surface area contributed by atoms with Gasteiger partial charge in [-0.05, 0) is 64.1 Å². The van der Waals surface area contributed by atoms with Gasteiger partial charge in [-0.25, -0.2) is 0 Å². The van der Waals surface area contributed by atoms with Gasteiger partial charge in [-0.15, -0.1) is 48.0 Å². The molecule has 9 rings (SSSR count). The molecule has 0 fully saturated rings. The van der Waals surface area contributed by atoms with E-state index < -0.39 is 0 Å². The fourth-order valence-corrected chi connectivity index (χ4v) is 6.19. The van der Waals surface area contributed by atoms with Gasteiger partial charge >= 0.3 is 0 Å². The molecule has 4 nitrogen and oxygen atoms in total. The molecule has 0 N–H and O–H groups in total. The number of fused-ring (bicyclic) bond motifs is 4. The quantitative estimate of drug-likeness (QED) is 0.136. The summed E-state index contributed by atoms with van der Waals surface area (Å²) in [6, 6.07) is 51.1. The summed E-state index contributed by atoms with van der Waals surface area (Å²) >= 11 is 0. The van der Waals surface area contributed by atoms with Gasteiger partial charge in [0.25, 0.3) is 0 Å². The van der Waals surface area contributed by atoms with Crippen molar-refractivity contribution in [1.82, 2.24) is 9.97 Å². The molecule has 227 valence electrons. The number of nitrogens with zero attached hydrogens (tertiary/aromatic N) is 2. The van der Waals surface area contributed by atoms with Gasteiger partial charge in [-0.1, -0.05) is 96.0 Å². The van der Waals surface area contributed by atoms with Crippen LogP contribution in [-0.4, -0.2) is 16.7 Å². The van der Waals surface area contributed by atoms with Gasteiger partial charge in [-0.3, -0.25) is 0 Å². The Kier molecular flexibility index (Phi) is 8.54. The van der Waals surface area contributed by atoms with E-state index in [9.17, 15) is 0 Å². The Labute approximate surface area is 288 Å². The van der Waals surface area contributed by atoms with E-state index in [0.717, 1.165) is 67.5 Å². The summed E-state index contributed by atoms with van der Waals surface area (Å²) < 4.78 is 12.8. The molecule has 4 heterocycles. The number of pyridine rings is 2. The molecular weight excluding hydrogens is 755 g/mol. The summed E-state index contributed by atoms with van der Waals surface area (Å²) in [7, 11) is 0. The summed E-state index contributed by atoms with van der Waals surface area (Å²) in [5.41, 5.74) is 10.5. The van der Waals surface area contributed by atoms with E-state index in [1.165, 1.54) is 11.1 Å². The van der Waals surface area contributed by atoms with Crippen LogP contribution in [0.4, 0.5) is 0 Å². The zero-order chi connectivity index (χ0) is 30.9. The van der Waals surface area contributed by atoms with Crippen LogP contribution >= 0.6 is 0 Å².